The first-order valence-corrected chi connectivity index (χ1v) is 8.23. The van der Waals surface area contributed by atoms with Gasteiger partial charge in [-0.15, -0.1) is 0 Å². The molecule has 1 aromatic heterocycles. The van der Waals surface area contributed by atoms with Crippen molar-refractivity contribution in [1.82, 2.24) is 14.5 Å². The molecule has 0 aliphatic carbocycles. The topological polar surface area (TPSA) is 41.0 Å². The van der Waals surface area contributed by atoms with E-state index in [1.807, 2.05) is 35.0 Å². The van der Waals surface area contributed by atoms with Gasteiger partial charge in [0.25, 0.3) is 0 Å². The van der Waals surface area contributed by atoms with Crippen LogP contribution in [0.5, 0.6) is 0 Å². The molecule has 0 spiro atoms. The summed E-state index contributed by atoms with van der Waals surface area (Å²) in [5.41, 5.74) is 1.75. The van der Waals surface area contributed by atoms with Gasteiger partial charge in [0.05, 0.1) is 5.69 Å². The van der Waals surface area contributed by atoms with Crippen LogP contribution in [0.1, 0.15) is 32.7 Å². The van der Waals surface area contributed by atoms with E-state index in [1.54, 1.807) is 0 Å². The van der Waals surface area contributed by atoms with Crippen LogP contribution >= 0.6 is 11.6 Å². The molecule has 0 amide bonds. The van der Waals surface area contributed by atoms with E-state index in [9.17, 15) is 4.79 Å². The molecule has 3 rings (SSSR count). The van der Waals surface area contributed by atoms with Crippen molar-refractivity contribution in [2.24, 2.45) is 0 Å². The van der Waals surface area contributed by atoms with Gasteiger partial charge in [-0.05, 0) is 38.8 Å². The van der Waals surface area contributed by atoms with Crippen molar-refractivity contribution in [3.63, 3.8) is 0 Å². The number of piperidine rings is 1. The molecule has 2 heterocycles. The van der Waals surface area contributed by atoms with Gasteiger partial charge in [0.2, 0.25) is 0 Å². The minimum atomic E-state index is -0.0297. The fourth-order valence-corrected chi connectivity index (χ4v) is 3.35. The number of imidazole rings is 1. The molecule has 0 unspecified atom stereocenters. The molecule has 0 bridgehead atoms. The molecule has 5 heteroatoms. The van der Waals surface area contributed by atoms with E-state index in [4.69, 9.17) is 11.6 Å². The van der Waals surface area contributed by atoms with Crippen LogP contribution < -0.4 is 5.69 Å². The van der Waals surface area contributed by atoms with Crippen LogP contribution in [0.2, 0.25) is 5.02 Å². The van der Waals surface area contributed by atoms with E-state index in [0.29, 0.717) is 11.1 Å². The lowest BCUT2D eigenvalue weighted by Crippen LogP contribution is -2.40. The van der Waals surface area contributed by atoms with Crippen LogP contribution in [-0.4, -0.2) is 33.6 Å². The highest BCUT2D eigenvalue weighted by Gasteiger charge is 2.23. The van der Waals surface area contributed by atoms with E-state index >= 15 is 0 Å². The maximum Gasteiger partial charge on any atom is 0.326 e. The Balaban J connectivity index is 1.80. The number of nitrogens with zero attached hydrogens (tertiary/aromatic N) is 2. The maximum absolute atomic E-state index is 12.3. The molecule has 0 atom stereocenters. The molecule has 22 heavy (non-hydrogen) atoms. The minimum Gasteiger partial charge on any atom is -0.306 e. The summed E-state index contributed by atoms with van der Waals surface area (Å²) in [4.78, 5) is 17.7. The average molecular weight is 320 g/mol. The molecule has 1 aliphatic rings. The van der Waals surface area contributed by atoms with Gasteiger partial charge in [0.15, 0.2) is 0 Å². The first-order chi connectivity index (χ1) is 10.5. The quantitative estimate of drug-likeness (QED) is 0.940. The number of benzene rings is 1. The number of hydrogen-bond donors (Lipinski definition) is 1. The Hall–Kier alpha value is -1.52. The molecule has 1 saturated heterocycles. The standard InChI is InChI=1S/C17H22ClN3O/c1-12(2)20-8-6-15(7-9-20)21-11-16(19-17(21)22)13-4-3-5-14(18)10-13/h3-5,10-12,15H,6-9H2,1-2H3,(H,19,22). The largest absolute Gasteiger partial charge is 0.326 e. The third kappa shape index (κ3) is 3.13. The van der Waals surface area contributed by atoms with E-state index < -0.39 is 0 Å². The second-order valence-corrected chi connectivity index (χ2v) is 6.69. The Kier molecular flexibility index (Phi) is 4.41. The highest BCUT2D eigenvalue weighted by molar-refractivity contribution is 6.30. The average Bonchev–Trinajstić information content (AvgIpc) is 2.89. The lowest BCUT2D eigenvalue weighted by Gasteiger charge is -2.34. The van der Waals surface area contributed by atoms with Gasteiger partial charge >= 0.3 is 5.69 Å². The van der Waals surface area contributed by atoms with Gasteiger partial charge < -0.3 is 9.88 Å². The number of aromatic nitrogens is 2. The third-order valence-electron chi connectivity index (χ3n) is 4.50. The van der Waals surface area contributed by atoms with E-state index in [1.165, 1.54) is 0 Å². The molecular formula is C17H22ClN3O. The number of nitrogens with one attached hydrogen (secondary N) is 1. The summed E-state index contributed by atoms with van der Waals surface area (Å²) >= 11 is 6.03. The number of H-pyrrole nitrogens is 1. The molecule has 1 fully saturated rings. The molecule has 4 nitrogen and oxygen atoms in total. The molecule has 1 N–H and O–H groups in total. The van der Waals surface area contributed by atoms with Crippen molar-refractivity contribution in [3.8, 4) is 11.3 Å². The van der Waals surface area contributed by atoms with Crippen molar-refractivity contribution in [1.29, 1.82) is 0 Å². The Morgan fingerprint density at radius 3 is 2.64 bits per heavy atom. The Labute approximate surface area is 135 Å². The van der Waals surface area contributed by atoms with Gasteiger partial charge in [-0.25, -0.2) is 4.79 Å². The van der Waals surface area contributed by atoms with Crippen molar-refractivity contribution in [2.75, 3.05) is 13.1 Å². The van der Waals surface area contributed by atoms with Crippen LogP contribution in [0.25, 0.3) is 11.3 Å². The van der Waals surface area contributed by atoms with Crippen molar-refractivity contribution in [2.45, 2.75) is 38.8 Å². The fourth-order valence-electron chi connectivity index (χ4n) is 3.16. The van der Waals surface area contributed by atoms with Gasteiger partial charge in [-0.2, -0.15) is 0 Å². The summed E-state index contributed by atoms with van der Waals surface area (Å²) in [5.74, 6) is 0. The van der Waals surface area contributed by atoms with Gasteiger partial charge in [0, 0.05) is 42.0 Å². The summed E-state index contributed by atoms with van der Waals surface area (Å²) < 4.78 is 1.86. The van der Waals surface area contributed by atoms with Crippen molar-refractivity contribution in [3.05, 3.63) is 46.0 Å². The molecular weight excluding hydrogens is 298 g/mol. The highest BCUT2D eigenvalue weighted by atomic mass is 35.5. The Bertz CT molecular complexity index is 696. The Morgan fingerprint density at radius 2 is 2.00 bits per heavy atom. The predicted molar refractivity (Wildman–Crippen MR) is 90.5 cm³/mol. The Morgan fingerprint density at radius 1 is 1.27 bits per heavy atom. The monoisotopic (exact) mass is 319 g/mol. The summed E-state index contributed by atoms with van der Waals surface area (Å²) in [6.45, 7) is 6.54. The van der Waals surface area contributed by atoms with Crippen molar-refractivity contribution >= 4 is 11.6 Å². The minimum absolute atomic E-state index is 0.0297. The van der Waals surface area contributed by atoms with Gasteiger partial charge in [0.1, 0.15) is 0 Å². The second-order valence-electron chi connectivity index (χ2n) is 6.25. The molecule has 1 aromatic carbocycles. The van der Waals surface area contributed by atoms with Crippen LogP contribution in [0, 0.1) is 0 Å². The van der Waals surface area contributed by atoms with Gasteiger partial charge in [-0.1, -0.05) is 23.7 Å². The zero-order chi connectivity index (χ0) is 15.7. The van der Waals surface area contributed by atoms with Crippen LogP contribution in [-0.2, 0) is 0 Å². The highest BCUT2D eigenvalue weighted by Crippen LogP contribution is 2.25. The number of halogens is 1. The molecule has 1 aliphatic heterocycles. The van der Waals surface area contributed by atoms with Gasteiger partial charge in [-0.3, -0.25) is 4.57 Å². The van der Waals surface area contributed by atoms with E-state index in [-0.39, 0.29) is 11.7 Å². The summed E-state index contributed by atoms with van der Waals surface area (Å²) in [7, 11) is 0. The number of aromatic amines is 1. The number of rotatable bonds is 3. The normalized spacial score (nSPS) is 17.3. The van der Waals surface area contributed by atoms with Crippen molar-refractivity contribution < 1.29 is 0 Å². The zero-order valence-corrected chi connectivity index (χ0v) is 13.8. The van der Waals surface area contributed by atoms with Crippen LogP contribution in [0.15, 0.2) is 35.3 Å². The molecule has 0 radical (unpaired) electrons. The summed E-state index contributed by atoms with van der Waals surface area (Å²) in [5, 5.41) is 0.677. The number of likely N-dealkylation sites (tertiary alicyclic amines) is 1. The SMILES string of the molecule is CC(C)N1CCC(n2cc(-c3cccc(Cl)c3)[nH]c2=O)CC1. The van der Waals surface area contributed by atoms with E-state index in [2.05, 4.69) is 23.7 Å². The second kappa shape index (κ2) is 6.31. The molecule has 0 saturated carbocycles. The predicted octanol–water partition coefficient (Wildman–Crippen LogP) is 3.54. The smallest absolute Gasteiger partial charge is 0.306 e. The van der Waals surface area contributed by atoms with E-state index in [0.717, 1.165) is 37.2 Å². The first kappa shape index (κ1) is 15.4. The molecule has 118 valence electrons. The number of hydrogen-bond acceptors (Lipinski definition) is 2. The lowest BCUT2D eigenvalue weighted by molar-refractivity contribution is 0.151. The molecule has 2 aromatic rings. The van der Waals surface area contributed by atoms with Crippen LogP contribution in [0.3, 0.4) is 0 Å². The lowest BCUT2D eigenvalue weighted by atomic mass is 10.0. The third-order valence-corrected chi connectivity index (χ3v) is 4.74. The summed E-state index contributed by atoms with van der Waals surface area (Å²) in [6, 6.07) is 8.43. The summed E-state index contributed by atoms with van der Waals surface area (Å²) in [6.07, 6.45) is 3.97. The first-order valence-electron chi connectivity index (χ1n) is 7.86. The zero-order valence-electron chi connectivity index (χ0n) is 13.1. The van der Waals surface area contributed by atoms with Crippen LogP contribution in [0.4, 0.5) is 0 Å². The maximum atomic E-state index is 12.3. The fraction of sp³-hybridized carbons (Fsp3) is 0.471.